The zero-order valence-electron chi connectivity index (χ0n) is 32.6. The fourth-order valence-corrected chi connectivity index (χ4v) is 7.72. The maximum Gasteiger partial charge on any atom is 0.271 e. The predicted molar refractivity (Wildman–Crippen MR) is 203 cm³/mol. The summed E-state index contributed by atoms with van der Waals surface area (Å²) in [5.41, 5.74) is 5.53. The van der Waals surface area contributed by atoms with E-state index < -0.39 is 73.0 Å². The number of nitrogens with one attached hydrogen (secondary N) is 4. The van der Waals surface area contributed by atoms with Crippen molar-refractivity contribution >= 4 is 11.8 Å². The minimum atomic E-state index is -2.93. The second-order valence-corrected chi connectivity index (χ2v) is 16.7. The van der Waals surface area contributed by atoms with Gasteiger partial charge < -0.3 is 30.1 Å². The number of carbonyl (C=O) groups excluding carboxylic acids is 2. The van der Waals surface area contributed by atoms with E-state index in [1.165, 1.54) is 11.1 Å². The summed E-state index contributed by atoms with van der Waals surface area (Å²) in [6, 6.07) is 11.7. The average molecular weight is 779 g/mol. The van der Waals surface area contributed by atoms with Crippen LogP contribution in [-0.4, -0.2) is 68.0 Å². The van der Waals surface area contributed by atoms with Gasteiger partial charge in [-0.05, 0) is 96.9 Å². The van der Waals surface area contributed by atoms with Crippen molar-refractivity contribution in [2.45, 2.75) is 115 Å². The Bertz CT molecular complexity index is 1940. The molecule has 10 nitrogen and oxygen atoms in total. The summed E-state index contributed by atoms with van der Waals surface area (Å²) in [4.78, 5) is 42.5. The molecule has 2 aromatic carbocycles. The number of rotatable bonds is 10. The first-order chi connectivity index (χ1) is 26.4. The van der Waals surface area contributed by atoms with E-state index in [-0.39, 0.29) is 24.7 Å². The minimum Gasteiger partial charge on any atom is -0.359 e. The molecule has 14 heteroatoms. The van der Waals surface area contributed by atoms with Crippen molar-refractivity contribution in [3.05, 3.63) is 71.6 Å². The van der Waals surface area contributed by atoms with Crippen LogP contribution in [0.25, 0.3) is 33.6 Å². The van der Waals surface area contributed by atoms with Crippen LogP contribution in [0.15, 0.2) is 48.8 Å². The molecule has 0 spiro atoms. The third kappa shape index (κ3) is 8.00. The number of aromatic amines is 2. The van der Waals surface area contributed by atoms with Crippen LogP contribution in [0.5, 0.6) is 0 Å². The van der Waals surface area contributed by atoms with Crippen LogP contribution in [0.4, 0.5) is 17.6 Å². The zero-order chi connectivity index (χ0) is 40.2. The van der Waals surface area contributed by atoms with Crippen molar-refractivity contribution in [1.82, 2.24) is 30.6 Å². The van der Waals surface area contributed by atoms with Crippen LogP contribution >= 0.6 is 0 Å². The average Bonchev–Trinajstić information content (AvgIpc) is 3.86. The van der Waals surface area contributed by atoms with Gasteiger partial charge in [-0.2, -0.15) is 0 Å². The predicted octanol–water partition coefficient (Wildman–Crippen LogP) is 8.27. The molecule has 2 unspecified atom stereocenters. The Labute approximate surface area is 324 Å². The molecule has 7 rings (SSSR count). The molecule has 300 valence electrons. The summed E-state index contributed by atoms with van der Waals surface area (Å²) in [6.07, 6.45) is 4.19. The fraction of sp³-hybridized carbons (Fsp3) is 0.524. The Balaban J connectivity index is 1.04. The third-order valence-electron chi connectivity index (χ3n) is 11.6. The molecule has 4 heterocycles. The van der Waals surface area contributed by atoms with Gasteiger partial charge in [0, 0.05) is 12.8 Å². The van der Waals surface area contributed by atoms with Crippen LogP contribution in [0.1, 0.15) is 102 Å². The number of carbonyl (C=O) groups is 2. The number of hydrogen-bond acceptors (Lipinski definition) is 6. The first-order valence-corrected chi connectivity index (χ1v) is 19.4. The van der Waals surface area contributed by atoms with Crippen molar-refractivity contribution in [2.75, 3.05) is 13.2 Å². The molecule has 4 N–H and O–H groups in total. The number of alkyl halides is 4. The van der Waals surface area contributed by atoms with Crippen LogP contribution in [0.2, 0.25) is 0 Å². The zero-order valence-corrected chi connectivity index (χ0v) is 32.6. The number of halogens is 4. The van der Waals surface area contributed by atoms with Gasteiger partial charge >= 0.3 is 0 Å². The van der Waals surface area contributed by atoms with Gasteiger partial charge in [0.1, 0.15) is 36.1 Å². The van der Waals surface area contributed by atoms with Crippen molar-refractivity contribution in [3.63, 3.8) is 0 Å². The van der Waals surface area contributed by atoms with E-state index in [0.29, 0.717) is 11.6 Å². The summed E-state index contributed by atoms with van der Waals surface area (Å²) in [6.45, 7) is 9.40. The van der Waals surface area contributed by atoms with Gasteiger partial charge in [0.2, 0.25) is 0 Å². The van der Waals surface area contributed by atoms with Crippen LogP contribution < -0.4 is 10.6 Å². The quantitative estimate of drug-likeness (QED) is 0.120. The van der Waals surface area contributed by atoms with Crippen molar-refractivity contribution in [1.29, 1.82) is 0 Å². The lowest BCUT2D eigenvalue weighted by atomic mass is 9.83. The smallest absolute Gasteiger partial charge is 0.271 e. The van der Waals surface area contributed by atoms with E-state index >= 15 is 0 Å². The summed E-state index contributed by atoms with van der Waals surface area (Å²) >= 11 is 0. The van der Waals surface area contributed by atoms with Gasteiger partial charge in [-0.15, -0.1) is 0 Å². The Morgan fingerprint density at radius 1 is 0.661 bits per heavy atom. The highest BCUT2D eigenvalue weighted by Crippen LogP contribution is 2.40. The molecule has 2 aliphatic heterocycles. The summed E-state index contributed by atoms with van der Waals surface area (Å²) < 4.78 is 65.6. The van der Waals surface area contributed by atoms with Gasteiger partial charge in [0.15, 0.2) is 0 Å². The van der Waals surface area contributed by atoms with E-state index in [2.05, 4.69) is 54.8 Å². The molecule has 4 atom stereocenters. The summed E-state index contributed by atoms with van der Waals surface area (Å²) in [5, 5.41) is 5.99. The lowest BCUT2D eigenvalue weighted by Crippen LogP contribution is -2.53. The number of benzene rings is 2. The molecule has 2 saturated heterocycles. The second kappa shape index (κ2) is 14.7. The van der Waals surface area contributed by atoms with E-state index in [1.54, 1.807) is 26.2 Å². The Morgan fingerprint density at radius 3 is 1.39 bits per heavy atom. The van der Waals surface area contributed by atoms with Crippen LogP contribution in [0, 0.1) is 11.8 Å². The summed E-state index contributed by atoms with van der Waals surface area (Å²) in [7, 11) is 0. The number of nitrogens with zero attached hydrogens (tertiary/aromatic N) is 2. The van der Waals surface area contributed by atoms with Gasteiger partial charge in [-0.3, -0.25) is 9.59 Å². The molecule has 56 heavy (non-hydrogen) atoms. The molecular weight excluding hydrogens is 728 g/mol. The Hall–Kier alpha value is -4.56. The van der Waals surface area contributed by atoms with Crippen molar-refractivity contribution in [3.8, 4) is 33.6 Å². The maximum absolute atomic E-state index is 13.7. The summed E-state index contributed by atoms with van der Waals surface area (Å²) in [5.74, 6) is -5.65. The molecule has 2 fully saturated rings. The number of imidazole rings is 2. The number of H-pyrrole nitrogens is 2. The fourth-order valence-electron chi connectivity index (χ4n) is 7.72. The van der Waals surface area contributed by atoms with Crippen LogP contribution in [0.3, 0.4) is 0 Å². The van der Waals surface area contributed by atoms with E-state index in [9.17, 15) is 27.2 Å². The van der Waals surface area contributed by atoms with E-state index in [4.69, 9.17) is 9.47 Å². The number of aryl methyl sites for hydroxylation is 2. The van der Waals surface area contributed by atoms with Gasteiger partial charge in [0.25, 0.3) is 23.7 Å². The number of ether oxygens (including phenoxy) is 2. The monoisotopic (exact) mass is 778 g/mol. The number of amides is 2. The number of fused-ring (bicyclic) bond motifs is 3. The van der Waals surface area contributed by atoms with Gasteiger partial charge in [0.05, 0.1) is 35.9 Å². The first kappa shape index (κ1) is 39.7. The highest BCUT2D eigenvalue weighted by atomic mass is 19.3. The van der Waals surface area contributed by atoms with Crippen molar-refractivity contribution in [2.24, 2.45) is 11.8 Å². The molecule has 0 saturated carbocycles. The van der Waals surface area contributed by atoms with Gasteiger partial charge in [-0.1, -0.05) is 52.0 Å². The topological polar surface area (TPSA) is 134 Å². The standard InChI is InChI=1S/C42H50F4N6O4/c1-23(2)33(51-37(53)39(5)13-15-41(43,44)21-55-39)35-47-19-31(49-35)27-9-11-29-25(17-27)7-8-26-18-28(10-12-30(26)29)32-20-48-36(50-32)34(24(3)4)52-38(54)40(6)14-16-42(45,46)22-56-40/h9-12,17-20,23-24,33-34H,7-8,13-16,21-22H2,1-6H3,(H,47,49)(H,48,50)(H,51,53)(H,52,54)/t33?,34?,39-,40-/m1/s1. The molecule has 2 aromatic heterocycles. The van der Waals surface area contributed by atoms with Crippen LogP contribution in [-0.2, 0) is 31.9 Å². The largest absolute Gasteiger partial charge is 0.359 e. The highest BCUT2D eigenvalue weighted by molar-refractivity contribution is 5.86. The third-order valence-corrected chi connectivity index (χ3v) is 11.6. The minimum absolute atomic E-state index is 0.0344. The first-order valence-electron chi connectivity index (χ1n) is 19.4. The van der Waals surface area contributed by atoms with Gasteiger partial charge in [-0.25, -0.2) is 27.5 Å². The lowest BCUT2D eigenvalue weighted by molar-refractivity contribution is -0.190. The molecule has 0 bridgehead atoms. The molecule has 3 aliphatic rings. The molecular formula is C42H50F4N6O4. The Morgan fingerprint density at radius 2 is 1.05 bits per heavy atom. The lowest BCUT2D eigenvalue weighted by Gasteiger charge is -2.37. The Kier molecular flexibility index (Phi) is 10.4. The highest BCUT2D eigenvalue weighted by Gasteiger charge is 2.48. The van der Waals surface area contributed by atoms with E-state index in [1.807, 2.05) is 39.8 Å². The molecule has 0 radical (unpaired) electrons. The SMILES string of the molecule is CC(C)C(NC(=O)[C@@]1(C)CCC(F)(F)CO1)c1ncc(-c2ccc3c(c2)CCc2cc(-c4cnc(C(NC(=O)[C@@]5(C)CCC(F)(F)CO5)C(C)C)[nH]4)ccc2-3)[nH]1. The maximum atomic E-state index is 13.7. The number of aromatic nitrogens is 4. The molecule has 2 amide bonds. The second-order valence-electron chi connectivity index (χ2n) is 16.7. The normalized spacial score (nSPS) is 23.9. The van der Waals surface area contributed by atoms with E-state index in [0.717, 1.165) is 46.5 Å². The molecule has 4 aromatic rings. The number of hydrogen-bond donors (Lipinski definition) is 4. The van der Waals surface area contributed by atoms with Crippen molar-refractivity contribution < 1.29 is 36.6 Å². The molecule has 1 aliphatic carbocycles.